The lowest BCUT2D eigenvalue weighted by Crippen LogP contribution is -1.88. The van der Waals surface area contributed by atoms with E-state index in [1.807, 2.05) is 6.92 Å². The summed E-state index contributed by atoms with van der Waals surface area (Å²) in [5, 5.41) is 0. The summed E-state index contributed by atoms with van der Waals surface area (Å²) in [7, 11) is 0. The number of rotatable bonds is 0. The maximum atomic E-state index is 5.18. The molecular formula is C6H11O. The molecule has 0 aliphatic carbocycles. The van der Waals surface area contributed by atoms with Crippen LogP contribution in [0, 0.1) is 12.0 Å². The summed E-state index contributed by atoms with van der Waals surface area (Å²) in [6.07, 6.45) is 2.37. The second-order valence-electron chi connectivity index (χ2n) is 2.32. The van der Waals surface area contributed by atoms with Crippen molar-refractivity contribution in [2.45, 2.75) is 20.3 Å². The molecule has 1 nitrogen and oxygen atoms in total. The van der Waals surface area contributed by atoms with E-state index >= 15 is 0 Å². The molecule has 0 amide bonds. The Hall–Kier alpha value is -0.0400. The second-order valence-corrected chi connectivity index (χ2v) is 2.32. The minimum atomic E-state index is 0.764. The van der Waals surface area contributed by atoms with E-state index in [1.54, 1.807) is 0 Å². The normalized spacial score (nSPS) is 34.3. The van der Waals surface area contributed by atoms with Gasteiger partial charge in [0.15, 0.2) is 0 Å². The van der Waals surface area contributed by atoms with Gasteiger partial charge in [0, 0.05) is 0 Å². The van der Waals surface area contributed by atoms with Crippen LogP contribution in [0.2, 0.25) is 0 Å². The van der Waals surface area contributed by atoms with Gasteiger partial charge in [0.25, 0.3) is 0 Å². The Bertz CT molecular complexity index is 53.2. The lowest BCUT2D eigenvalue weighted by Gasteiger charge is -1.93. The van der Waals surface area contributed by atoms with Crippen molar-refractivity contribution >= 4 is 0 Å². The van der Waals surface area contributed by atoms with Crippen molar-refractivity contribution in [3.63, 3.8) is 0 Å². The van der Waals surface area contributed by atoms with Crippen LogP contribution in [0.5, 0.6) is 0 Å². The van der Waals surface area contributed by atoms with Crippen molar-refractivity contribution in [2.24, 2.45) is 5.92 Å². The van der Waals surface area contributed by atoms with Crippen LogP contribution in [0.1, 0.15) is 20.3 Å². The molecule has 1 atom stereocenters. The molecule has 1 unspecified atom stereocenters. The van der Waals surface area contributed by atoms with Crippen molar-refractivity contribution in [1.29, 1.82) is 0 Å². The molecule has 1 radical (unpaired) electrons. The van der Waals surface area contributed by atoms with Crippen LogP contribution in [-0.2, 0) is 4.74 Å². The zero-order valence-corrected chi connectivity index (χ0v) is 4.90. The maximum Gasteiger partial charge on any atom is 0.0943 e. The second kappa shape index (κ2) is 1.83. The number of hydrogen-bond acceptors (Lipinski definition) is 1. The first kappa shape index (κ1) is 5.10. The molecule has 1 fully saturated rings. The van der Waals surface area contributed by atoms with Crippen molar-refractivity contribution < 1.29 is 4.74 Å². The molecule has 7 heavy (non-hydrogen) atoms. The van der Waals surface area contributed by atoms with E-state index in [9.17, 15) is 0 Å². The first-order chi connectivity index (χ1) is 3.29. The molecule has 1 aliphatic heterocycles. The Morgan fingerprint density at radius 2 is 2.43 bits per heavy atom. The van der Waals surface area contributed by atoms with Gasteiger partial charge in [-0.25, -0.2) is 0 Å². The molecule has 1 saturated heterocycles. The van der Waals surface area contributed by atoms with Gasteiger partial charge in [0.05, 0.1) is 12.7 Å². The molecule has 0 saturated carbocycles. The minimum absolute atomic E-state index is 0.764. The van der Waals surface area contributed by atoms with Gasteiger partial charge >= 0.3 is 0 Å². The topological polar surface area (TPSA) is 9.23 Å². The molecule has 1 rings (SSSR count). The first-order valence-electron chi connectivity index (χ1n) is 2.74. The van der Waals surface area contributed by atoms with Gasteiger partial charge in [-0.3, -0.25) is 0 Å². The summed E-state index contributed by atoms with van der Waals surface area (Å²) in [4.78, 5) is 0. The highest BCUT2D eigenvalue weighted by molar-refractivity contribution is 4.80. The molecule has 1 heteroatoms. The van der Waals surface area contributed by atoms with Crippen molar-refractivity contribution in [2.75, 3.05) is 6.61 Å². The van der Waals surface area contributed by atoms with Gasteiger partial charge in [-0.2, -0.15) is 0 Å². The Labute approximate surface area is 44.7 Å². The number of ether oxygens (including phenoxy) is 1. The van der Waals surface area contributed by atoms with Gasteiger partial charge in [-0.05, 0) is 19.3 Å². The predicted octanol–water partition coefficient (Wildman–Crippen LogP) is 1.59. The zero-order chi connectivity index (χ0) is 5.28. The third kappa shape index (κ3) is 1.16. The third-order valence-corrected chi connectivity index (χ3v) is 1.25. The van der Waals surface area contributed by atoms with Gasteiger partial charge < -0.3 is 4.74 Å². The molecule has 0 aromatic heterocycles. The van der Waals surface area contributed by atoms with E-state index in [4.69, 9.17) is 4.74 Å². The lowest BCUT2D eigenvalue weighted by atomic mass is 10.1. The SMILES string of the molecule is C[C]1CC(C)CO1. The smallest absolute Gasteiger partial charge is 0.0943 e. The van der Waals surface area contributed by atoms with E-state index in [0.29, 0.717) is 0 Å². The van der Waals surface area contributed by atoms with Gasteiger partial charge in [-0.1, -0.05) is 6.92 Å². The van der Waals surface area contributed by atoms with E-state index < -0.39 is 0 Å². The Kier molecular flexibility index (Phi) is 1.33. The van der Waals surface area contributed by atoms with Crippen LogP contribution in [0.15, 0.2) is 0 Å². The fourth-order valence-corrected chi connectivity index (χ4v) is 0.893. The summed E-state index contributed by atoms with van der Waals surface area (Å²) in [5.41, 5.74) is 0. The predicted molar refractivity (Wildman–Crippen MR) is 28.6 cm³/mol. The Balaban J connectivity index is 2.26. The van der Waals surface area contributed by atoms with E-state index in [2.05, 4.69) is 6.92 Å². The third-order valence-electron chi connectivity index (χ3n) is 1.25. The van der Waals surface area contributed by atoms with Crippen LogP contribution in [-0.4, -0.2) is 6.61 Å². The molecule has 41 valence electrons. The van der Waals surface area contributed by atoms with E-state index in [1.165, 1.54) is 12.5 Å². The lowest BCUT2D eigenvalue weighted by molar-refractivity contribution is 0.195. The minimum Gasteiger partial charge on any atom is -0.372 e. The summed E-state index contributed by atoms with van der Waals surface area (Å²) >= 11 is 0. The van der Waals surface area contributed by atoms with Crippen molar-refractivity contribution in [1.82, 2.24) is 0 Å². The van der Waals surface area contributed by atoms with Crippen LogP contribution in [0.4, 0.5) is 0 Å². The average Bonchev–Trinajstić information content (AvgIpc) is 1.87. The fraction of sp³-hybridized carbons (Fsp3) is 0.833. The van der Waals surface area contributed by atoms with Crippen LogP contribution >= 0.6 is 0 Å². The molecular weight excluding hydrogens is 88.1 g/mol. The molecule has 1 aliphatic rings. The highest BCUT2D eigenvalue weighted by Gasteiger charge is 2.17. The van der Waals surface area contributed by atoms with E-state index in [0.717, 1.165) is 12.5 Å². The van der Waals surface area contributed by atoms with Gasteiger partial charge in [-0.15, -0.1) is 0 Å². The molecule has 0 aromatic carbocycles. The zero-order valence-electron chi connectivity index (χ0n) is 4.90. The van der Waals surface area contributed by atoms with Gasteiger partial charge in [0.1, 0.15) is 0 Å². The molecule has 0 aromatic rings. The highest BCUT2D eigenvalue weighted by Crippen LogP contribution is 2.23. The summed E-state index contributed by atoms with van der Waals surface area (Å²) in [6.45, 7) is 5.19. The first-order valence-corrected chi connectivity index (χ1v) is 2.74. The van der Waals surface area contributed by atoms with Crippen molar-refractivity contribution in [3.05, 3.63) is 6.10 Å². The summed E-state index contributed by atoms with van der Waals surface area (Å²) in [6, 6.07) is 0. The Morgan fingerprint density at radius 1 is 1.71 bits per heavy atom. The van der Waals surface area contributed by atoms with Crippen LogP contribution < -0.4 is 0 Å². The molecule has 1 heterocycles. The molecule has 0 spiro atoms. The fourth-order valence-electron chi connectivity index (χ4n) is 0.893. The van der Waals surface area contributed by atoms with Crippen molar-refractivity contribution in [3.8, 4) is 0 Å². The van der Waals surface area contributed by atoms with Crippen LogP contribution in [0.25, 0.3) is 0 Å². The highest BCUT2D eigenvalue weighted by atomic mass is 16.5. The maximum absolute atomic E-state index is 5.18. The summed E-state index contributed by atoms with van der Waals surface area (Å²) in [5.74, 6) is 0.764. The monoisotopic (exact) mass is 99.1 g/mol. The molecule has 0 N–H and O–H groups in total. The Morgan fingerprint density at radius 3 is 2.57 bits per heavy atom. The standard InChI is InChI=1S/C6H11O/c1-5-3-6(2)7-4-5/h5H,3-4H2,1-2H3. The molecule has 0 bridgehead atoms. The largest absolute Gasteiger partial charge is 0.372 e. The quantitative estimate of drug-likeness (QED) is 0.448. The average molecular weight is 99.2 g/mol. The van der Waals surface area contributed by atoms with Crippen LogP contribution in [0.3, 0.4) is 0 Å². The summed E-state index contributed by atoms with van der Waals surface area (Å²) < 4.78 is 5.18. The van der Waals surface area contributed by atoms with Gasteiger partial charge in [0.2, 0.25) is 0 Å². The van der Waals surface area contributed by atoms with E-state index in [-0.39, 0.29) is 0 Å². The number of hydrogen-bond donors (Lipinski definition) is 0.